The van der Waals surface area contributed by atoms with Crippen LogP contribution in [-0.2, 0) is 9.59 Å². The molecule has 0 heterocycles. The predicted octanol–water partition coefficient (Wildman–Crippen LogP) is 0.102. The molecule has 20 heavy (non-hydrogen) atoms. The minimum Gasteiger partial charge on any atom is -0.491 e. The summed E-state index contributed by atoms with van der Waals surface area (Å²) in [6.07, 6.45) is 5.19. The van der Waals surface area contributed by atoms with E-state index in [4.69, 9.17) is 16.9 Å². The van der Waals surface area contributed by atoms with E-state index in [0.717, 1.165) is 0 Å². The van der Waals surface area contributed by atoms with Crippen LogP contribution in [0.15, 0.2) is 24.3 Å². The number of hydrogen-bond acceptors (Lipinski definition) is 4. The molecule has 0 fully saturated rings. The molecule has 6 heteroatoms. The monoisotopic (exact) mass is 275 g/mol. The van der Waals surface area contributed by atoms with Crippen LogP contribution in [0.5, 0.6) is 5.75 Å². The van der Waals surface area contributed by atoms with Crippen LogP contribution in [-0.4, -0.2) is 31.5 Å². The fourth-order valence-electron chi connectivity index (χ4n) is 1.40. The van der Waals surface area contributed by atoms with Gasteiger partial charge in [-0.1, -0.05) is 18.1 Å². The maximum Gasteiger partial charge on any atom is 0.238 e. The Morgan fingerprint density at radius 1 is 1.35 bits per heavy atom. The third-order valence-corrected chi connectivity index (χ3v) is 2.28. The standard InChI is InChI=1S/C14H17N3O3/c1-2-8-16-10-14(19)17-11-5-3-4-6-12(11)20-9-7-13(15)18/h1,3-6,16H,7-10H2,(H2,15,18)(H,17,19). The van der Waals surface area contributed by atoms with Gasteiger partial charge in [0.25, 0.3) is 0 Å². The fraction of sp³-hybridized carbons (Fsp3) is 0.286. The van der Waals surface area contributed by atoms with Gasteiger partial charge in [0.2, 0.25) is 11.8 Å². The van der Waals surface area contributed by atoms with Crippen LogP contribution in [0.3, 0.4) is 0 Å². The molecule has 1 rings (SSSR count). The highest BCUT2D eigenvalue weighted by Crippen LogP contribution is 2.23. The van der Waals surface area contributed by atoms with Gasteiger partial charge < -0.3 is 15.8 Å². The number of rotatable bonds is 8. The predicted molar refractivity (Wildman–Crippen MR) is 76.1 cm³/mol. The van der Waals surface area contributed by atoms with Crippen LogP contribution >= 0.6 is 0 Å². The summed E-state index contributed by atoms with van der Waals surface area (Å²) in [6, 6.07) is 6.95. The first kappa shape index (κ1) is 15.5. The summed E-state index contributed by atoms with van der Waals surface area (Å²) < 4.78 is 5.41. The zero-order valence-corrected chi connectivity index (χ0v) is 11.0. The highest BCUT2D eigenvalue weighted by atomic mass is 16.5. The van der Waals surface area contributed by atoms with E-state index in [0.29, 0.717) is 18.0 Å². The number of anilines is 1. The number of hydrogen-bond donors (Lipinski definition) is 3. The molecular weight excluding hydrogens is 258 g/mol. The van der Waals surface area contributed by atoms with Gasteiger partial charge in [-0.05, 0) is 12.1 Å². The molecule has 0 aliphatic carbocycles. The molecule has 0 radical (unpaired) electrons. The van der Waals surface area contributed by atoms with Gasteiger partial charge in [-0.25, -0.2) is 0 Å². The van der Waals surface area contributed by atoms with Crippen molar-refractivity contribution in [1.82, 2.24) is 5.32 Å². The van der Waals surface area contributed by atoms with Crippen LogP contribution in [0.25, 0.3) is 0 Å². The van der Waals surface area contributed by atoms with Crippen molar-refractivity contribution in [1.29, 1.82) is 0 Å². The molecule has 0 aliphatic rings. The number of primary amides is 1. The number of ether oxygens (including phenoxy) is 1. The Morgan fingerprint density at radius 3 is 2.80 bits per heavy atom. The molecule has 0 atom stereocenters. The summed E-state index contributed by atoms with van der Waals surface area (Å²) in [5, 5.41) is 5.48. The van der Waals surface area contributed by atoms with Crippen LogP contribution in [0.1, 0.15) is 6.42 Å². The van der Waals surface area contributed by atoms with Crippen LogP contribution in [0, 0.1) is 12.3 Å². The summed E-state index contributed by atoms with van der Waals surface area (Å²) in [6.45, 7) is 0.599. The Hall–Kier alpha value is -2.52. The molecule has 106 valence electrons. The first-order chi connectivity index (χ1) is 9.63. The topological polar surface area (TPSA) is 93.4 Å². The number of nitrogens with one attached hydrogen (secondary N) is 2. The van der Waals surface area contributed by atoms with Crippen molar-refractivity contribution < 1.29 is 14.3 Å². The van der Waals surface area contributed by atoms with Gasteiger partial charge in [0.05, 0.1) is 31.8 Å². The first-order valence-corrected chi connectivity index (χ1v) is 6.07. The lowest BCUT2D eigenvalue weighted by Gasteiger charge is -2.12. The second kappa shape index (κ2) is 8.56. The molecule has 0 saturated carbocycles. The lowest BCUT2D eigenvalue weighted by atomic mass is 10.3. The fourth-order valence-corrected chi connectivity index (χ4v) is 1.40. The Labute approximate surface area is 117 Å². The van der Waals surface area contributed by atoms with Crippen molar-refractivity contribution in [2.45, 2.75) is 6.42 Å². The number of carbonyl (C=O) groups is 2. The number of nitrogens with two attached hydrogens (primary N) is 1. The Balaban J connectivity index is 2.54. The molecule has 1 aromatic carbocycles. The van der Waals surface area contributed by atoms with Crippen molar-refractivity contribution >= 4 is 17.5 Å². The van der Waals surface area contributed by atoms with Crippen molar-refractivity contribution in [3.8, 4) is 18.1 Å². The number of benzene rings is 1. The van der Waals surface area contributed by atoms with Gasteiger partial charge in [-0.3, -0.25) is 14.9 Å². The molecule has 0 aromatic heterocycles. The number of carbonyl (C=O) groups excluding carboxylic acids is 2. The van der Waals surface area contributed by atoms with E-state index in [-0.39, 0.29) is 25.5 Å². The van der Waals surface area contributed by atoms with E-state index in [1.54, 1.807) is 24.3 Å². The van der Waals surface area contributed by atoms with Crippen LogP contribution in [0.4, 0.5) is 5.69 Å². The molecule has 0 saturated heterocycles. The van der Waals surface area contributed by atoms with E-state index in [1.165, 1.54) is 0 Å². The summed E-state index contributed by atoms with van der Waals surface area (Å²) in [5.74, 6) is 2.19. The zero-order chi connectivity index (χ0) is 14.8. The molecule has 0 spiro atoms. The SMILES string of the molecule is C#CCNCC(=O)Nc1ccccc1OCCC(N)=O. The molecule has 6 nitrogen and oxygen atoms in total. The first-order valence-electron chi connectivity index (χ1n) is 6.07. The molecular formula is C14H17N3O3. The van der Waals surface area contributed by atoms with E-state index in [2.05, 4.69) is 16.6 Å². The van der Waals surface area contributed by atoms with Gasteiger partial charge in [0, 0.05) is 0 Å². The molecule has 0 unspecified atom stereocenters. The third kappa shape index (κ3) is 5.89. The molecule has 4 N–H and O–H groups in total. The second-order valence-electron chi connectivity index (χ2n) is 3.92. The molecule has 0 aliphatic heterocycles. The lowest BCUT2D eigenvalue weighted by molar-refractivity contribution is -0.118. The Bertz CT molecular complexity index is 509. The maximum absolute atomic E-state index is 11.6. The molecule has 2 amide bonds. The minimum absolute atomic E-state index is 0.111. The third-order valence-electron chi connectivity index (χ3n) is 2.28. The summed E-state index contributed by atoms with van der Waals surface area (Å²) in [5.41, 5.74) is 5.56. The van der Waals surface area contributed by atoms with Gasteiger partial charge in [0.15, 0.2) is 0 Å². The summed E-state index contributed by atoms with van der Waals surface area (Å²) >= 11 is 0. The lowest BCUT2D eigenvalue weighted by Crippen LogP contribution is -2.28. The average Bonchev–Trinajstić information content (AvgIpc) is 2.40. The number of terminal acetylenes is 1. The van der Waals surface area contributed by atoms with Gasteiger partial charge in [-0.15, -0.1) is 6.42 Å². The molecule has 0 bridgehead atoms. The van der Waals surface area contributed by atoms with E-state index >= 15 is 0 Å². The normalized spacial score (nSPS) is 9.55. The highest BCUT2D eigenvalue weighted by Gasteiger charge is 2.07. The van der Waals surface area contributed by atoms with E-state index < -0.39 is 5.91 Å². The van der Waals surface area contributed by atoms with Crippen molar-refractivity contribution in [3.63, 3.8) is 0 Å². The Morgan fingerprint density at radius 2 is 2.10 bits per heavy atom. The Kier molecular flexibility index (Phi) is 6.65. The van der Waals surface area contributed by atoms with Crippen molar-refractivity contribution in [2.75, 3.05) is 25.0 Å². The van der Waals surface area contributed by atoms with Gasteiger partial charge >= 0.3 is 0 Å². The molecule has 1 aromatic rings. The van der Waals surface area contributed by atoms with Crippen LogP contribution in [0.2, 0.25) is 0 Å². The number of amides is 2. The summed E-state index contributed by atoms with van der Waals surface area (Å²) in [4.78, 5) is 22.3. The van der Waals surface area contributed by atoms with Crippen molar-refractivity contribution in [2.24, 2.45) is 5.73 Å². The highest BCUT2D eigenvalue weighted by molar-refractivity contribution is 5.93. The quantitative estimate of drug-likeness (QED) is 0.463. The largest absolute Gasteiger partial charge is 0.491 e. The summed E-state index contributed by atoms with van der Waals surface area (Å²) in [7, 11) is 0. The second-order valence-corrected chi connectivity index (χ2v) is 3.92. The zero-order valence-electron chi connectivity index (χ0n) is 11.0. The minimum atomic E-state index is -0.440. The number of para-hydroxylation sites is 2. The van der Waals surface area contributed by atoms with Gasteiger partial charge in [-0.2, -0.15) is 0 Å². The van der Waals surface area contributed by atoms with Crippen molar-refractivity contribution in [3.05, 3.63) is 24.3 Å². The smallest absolute Gasteiger partial charge is 0.238 e. The van der Waals surface area contributed by atoms with E-state index in [9.17, 15) is 9.59 Å². The average molecular weight is 275 g/mol. The van der Waals surface area contributed by atoms with E-state index in [1.807, 2.05) is 0 Å². The maximum atomic E-state index is 11.6. The van der Waals surface area contributed by atoms with Gasteiger partial charge in [0.1, 0.15) is 5.75 Å². The van der Waals surface area contributed by atoms with Crippen LogP contribution < -0.4 is 21.1 Å².